The second kappa shape index (κ2) is 6.34. The van der Waals surface area contributed by atoms with E-state index in [1.54, 1.807) is 24.1 Å². The highest BCUT2D eigenvalue weighted by Gasteiger charge is 2.11. The van der Waals surface area contributed by atoms with E-state index in [1.165, 1.54) is 0 Å². The number of nitrogens with zero attached hydrogens (tertiary/aromatic N) is 2. The third kappa shape index (κ3) is 3.24. The van der Waals surface area contributed by atoms with Crippen molar-refractivity contribution in [3.8, 4) is 0 Å². The molecule has 0 aliphatic carbocycles. The van der Waals surface area contributed by atoms with Crippen molar-refractivity contribution in [3.63, 3.8) is 0 Å². The van der Waals surface area contributed by atoms with Gasteiger partial charge in [0.25, 0.3) is 5.91 Å². The summed E-state index contributed by atoms with van der Waals surface area (Å²) < 4.78 is 1.69. The summed E-state index contributed by atoms with van der Waals surface area (Å²) >= 11 is 0. The van der Waals surface area contributed by atoms with Crippen LogP contribution in [0.1, 0.15) is 35.9 Å². The quantitative estimate of drug-likeness (QED) is 0.878. The lowest BCUT2D eigenvalue weighted by Crippen LogP contribution is -2.18. The van der Waals surface area contributed by atoms with E-state index in [1.807, 2.05) is 24.3 Å². The summed E-state index contributed by atoms with van der Waals surface area (Å²) in [5.74, 6) is -0.154. The van der Waals surface area contributed by atoms with E-state index in [9.17, 15) is 4.79 Å². The van der Waals surface area contributed by atoms with Crippen LogP contribution in [0.3, 0.4) is 0 Å². The van der Waals surface area contributed by atoms with E-state index in [0.29, 0.717) is 5.69 Å². The third-order valence-electron chi connectivity index (χ3n) is 3.20. The molecule has 1 heterocycles. The lowest BCUT2D eigenvalue weighted by Gasteiger charge is -2.14. The highest BCUT2D eigenvalue weighted by Crippen LogP contribution is 2.17. The lowest BCUT2D eigenvalue weighted by molar-refractivity contribution is 0.101. The van der Waals surface area contributed by atoms with E-state index in [0.717, 1.165) is 17.8 Å². The number of amides is 1. The van der Waals surface area contributed by atoms with E-state index >= 15 is 0 Å². The standard InChI is InChI=1S/C15H20N4O/c1-4-17-11(2)12-6-5-7-13(8-12)18-15(20)14-9-16-10-19(14)3/h5-11,17H,4H2,1-3H3,(H,18,20). The zero-order valence-electron chi connectivity index (χ0n) is 12.1. The van der Waals surface area contributed by atoms with Gasteiger partial charge in [0, 0.05) is 18.8 Å². The van der Waals surface area contributed by atoms with Crippen LogP contribution in [0.15, 0.2) is 36.8 Å². The Morgan fingerprint density at radius 2 is 2.25 bits per heavy atom. The number of benzene rings is 1. The van der Waals surface area contributed by atoms with Gasteiger partial charge >= 0.3 is 0 Å². The maximum atomic E-state index is 12.1. The van der Waals surface area contributed by atoms with E-state index in [-0.39, 0.29) is 11.9 Å². The molecule has 0 saturated carbocycles. The van der Waals surface area contributed by atoms with Gasteiger partial charge in [-0.05, 0) is 31.2 Å². The van der Waals surface area contributed by atoms with Crippen molar-refractivity contribution in [3.05, 3.63) is 48.0 Å². The van der Waals surface area contributed by atoms with Crippen LogP contribution in [0.5, 0.6) is 0 Å². The largest absolute Gasteiger partial charge is 0.330 e. The van der Waals surface area contributed by atoms with Crippen LogP contribution in [0, 0.1) is 0 Å². The van der Waals surface area contributed by atoms with Gasteiger partial charge in [-0.3, -0.25) is 4.79 Å². The summed E-state index contributed by atoms with van der Waals surface area (Å²) in [5, 5.41) is 6.25. The van der Waals surface area contributed by atoms with E-state index < -0.39 is 0 Å². The first-order chi connectivity index (χ1) is 9.61. The van der Waals surface area contributed by atoms with Gasteiger partial charge in [0.2, 0.25) is 0 Å². The Bertz CT molecular complexity index is 591. The van der Waals surface area contributed by atoms with Crippen LogP contribution in [-0.4, -0.2) is 22.0 Å². The molecule has 1 aromatic heterocycles. The number of hydrogen-bond donors (Lipinski definition) is 2. The second-order valence-electron chi connectivity index (χ2n) is 4.75. The first-order valence-corrected chi connectivity index (χ1v) is 6.72. The Hall–Kier alpha value is -2.14. The number of aromatic nitrogens is 2. The van der Waals surface area contributed by atoms with Gasteiger partial charge < -0.3 is 15.2 Å². The number of imidazole rings is 1. The molecule has 1 unspecified atom stereocenters. The van der Waals surface area contributed by atoms with Crippen LogP contribution in [0.2, 0.25) is 0 Å². The summed E-state index contributed by atoms with van der Waals surface area (Å²) in [6.07, 6.45) is 3.17. The van der Waals surface area contributed by atoms with Crippen LogP contribution >= 0.6 is 0 Å². The SMILES string of the molecule is CCNC(C)c1cccc(NC(=O)c2cncn2C)c1. The Morgan fingerprint density at radius 3 is 2.90 bits per heavy atom. The molecule has 1 aromatic carbocycles. The van der Waals surface area contributed by atoms with Crippen LogP contribution < -0.4 is 10.6 Å². The summed E-state index contributed by atoms with van der Waals surface area (Å²) in [6.45, 7) is 5.09. The fourth-order valence-corrected chi connectivity index (χ4v) is 2.08. The Balaban J connectivity index is 2.12. The molecule has 0 radical (unpaired) electrons. The monoisotopic (exact) mass is 272 g/mol. The van der Waals surface area contributed by atoms with Crippen molar-refractivity contribution in [1.29, 1.82) is 0 Å². The molecule has 0 aliphatic rings. The lowest BCUT2D eigenvalue weighted by atomic mass is 10.1. The van der Waals surface area contributed by atoms with Crippen LogP contribution in [-0.2, 0) is 7.05 Å². The minimum absolute atomic E-state index is 0.154. The third-order valence-corrected chi connectivity index (χ3v) is 3.20. The zero-order chi connectivity index (χ0) is 14.5. The molecule has 20 heavy (non-hydrogen) atoms. The number of rotatable bonds is 5. The normalized spacial score (nSPS) is 12.2. The van der Waals surface area contributed by atoms with Crippen LogP contribution in [0.4, 0.5) is 5.69 Å². The predicted molar refractivity (Wildman–Crippen MR) is 79.7 cm³/mol. The average Bonchev–Trinajstić information content (AvgIpc) is 2.85. The maximum absolute atomic E-state index is 12.1. The Morgan fingerprint density at radius 1 is 1.45 bits per heavy atom. The molecule has 0 fully saturated rings. The molecule has 1 amide bonds. The van der Waals surface area contributed by atoms with Gasteiger partial charge in [-0.1, -0.05) is 19.1 Å². The molecule has 5 heteroatoms. The fourth-order valence-electron chi connectivity index (χ4n) is 2.08. The smallest absolute Gasteiger partial charge is 0.273 e. The summed E-state index contributed by atoms with van der Waals surface area (Å²) in [4.78, 5) is 16.1. The molecule has 2 N–H and O–H groups in total. The Labute approximate surface area is 119 Å². The minimum Gasteiger partial charge on any atom is -0.330 e. The number of nitrogens with one attached hydrogen (secondary N) is 2. The van der Waals surface area contributed by atoms with Crippen molar-refractivity contribution >= 4 is 11.6 Å². The summed E-state index contributed by atoms with van der Waals surface area (Å²) in [6, 6.07) is 8.13. The molecule has 0 saturated heterocycles. The van der Waals surface area contributed by atoms with Crippen molar-refractivity contribution in [2.24, 2.45) is 7.05 Å². The molecule has 0 aliphatic heterocycles. The van der Waals surface area contributed by atoms with E-state index in [2.05, 4.69) is 29.5 Å². The summed E-state index contributed by atoms with van der Waals surface area (Å²) in [7, 11) is 1.80. The van der Waals surface area contributed by atoms with E-state index in [4.69, 9.17) is 0 Å². The Kier molecular flexibility index (Phi) is 4.53. The topological polar surface area (TPSA) is 58.9 Å². The van der Waals surface area contributed by atoms with Crippen molar-refractivity contribution in [1.82, 2.24) is 14.9 Å². The van der Waals surface area contributed by atoms with Gasteiger partial charge in [0.15, 0.2) is 0 Å². The summed E-state index contributed by atoms with van der Waals surface area (Å²) in [5.41, 5.74) is 2.48. The highest BCUT2D eigenvalue weighted by molar-refractivity contribution is 6.02. The second-order valence-corrected chi connectivity index (χ2v) is 4.75. The first kappa shape index (κ1) is 14.3. The van der Waals surface area contributed by atoms with Gasteiger partial charge in [-0.2, -0.15) is 0 Å². The number of aryl methyl sites for hydroxylation is 1. The molecule has 2 aromatic rings. The van der Waals surface area contributed by atoms with Crippen molar-refractivity contribution in [2.45, 2.75) is 19.9 Å². The molecular formula is C15H20N4O. The van der Waals surface area contributed by atoms with Crippen molar-refractivity contribution < 1.29 is 4.79 Å². The first-order valence-electron chi connectivity index (χ1n) is 6.72. The molecule has 106 valence electrons. The minimum atomic E-state index is -0.154. The van der Waals surface area contributed by atoms with Crippen molar-refractivity contribution in [2.75, 3.05) is 11.9 Å². The fraction of sp³-hybridized carbons (Fsp3) is 0.333. The molecule has 0 spiro atoms. The van der Waals surface area contributed by atoms with Gasteiger partial charge in [0.1, 0.15) is 5.69 Å². The molecular weight excluding hydrogens is 252 g/mol. The molecule has 0 bridgehead atoms. The highest BCUT2D eigenvalue weighted by atomic mass is 16.1. The number of carbonyl (C=O) groups excluding carboxylic acids is 1. The molecule has 1 atom stereocenters. The number of hydrogen-bond acceptors (Lipinski definition) is 3. The van der Waals surface area contributed by atoms with Gasteiger partial charge in [-0.25, -0.2) is 4.98 Å². The van der Waals surface area contributed by atoms with Gasteiger partial charge in [-0.15, -0.1) is 0 Å². The van der Waals surface area contributed by atoms with Gasteiger partial charge in [0.05, 0.1) is 12.5 Å². The number of anilines is 1. The average molecular weight is 272 g/mol. The number of carbonyl (C=O) groups is 1. The molecule has 5 nitrogen and oxygen atoms in total. The predicted octanol–water partition coefficient (Wildman–Crippen LogP) is 2.34. The maximum Gasteiger partial charge on any atom is 0.273 e. The molecule has 2 rings (SSSR count). The van der Waals surface area contributed by atoms with Crippen LogP contribution in [0.25, 0.3) is 0 Å². The zero-order valence-corrected chi connectivity index (χ0v) is 12.1.